The van der Waals surface area contributed by atoms with Crippen LogP contribution in [0.4, 0.5) is 0 Å². The van der Waals surface area contributed by atoms with Crippen molar-refractivity contribution in [1.29, 1.82) is 0 Å². The quantitative estimate of drug-likeness (QED) is 0.301. The maximum absolute atomic E-state index is 12.5. The number of hydrogen-bond donors (Lipinski definition) is 2. The van der Waals surface area contributed by atoms with E-state index in [-0.39, 0.29) is 16.5 Å². The Morgan fingerprint density at radius 1 is 0.971 bits per heavy atom. The molecular formula is C25H23ClN2O7. The van der Waals surface area contributed by atoms with Crippen LogP contribution < -0.4 is 24.4 Å². The number of benzene rings is 3. The van der Waals surface area contributed by atoms with Gasteiger partial charge in [0, 0.05) is 5.56 Å². The number of halogens is 1. The van der Waals surface area contributed by atoms with Crippen LogP contribution in [0.1, 0.15) is 21.5 Å². The van der Waals surface area contributed by atoms with Crippen molar-refractivity contribution < 1.29 is 33.6 Å². The molecule has 0 saturated carbocycles. The van der Waals surface area contributed by atoms with Crippen molar-refractivity contribution >= 4 is 29.7 Å². The number of rotatable bonds is 11. The van der Waals surface area contributed by atoms with Crippen molar-refractivity contribution in [3.05, 3.63) is 82.4 Å². The number of carboxylic acids is 1. The maximum atomic E-state index is 12.5. The first-order chi connectivity index (χ1) is 16.9. The van der Waals surface area contributed by atoms with E-state index in [9.17, 15) is 9.59 Å². The lowest BCUT2D eigenvalue weighted by Crippen LogP contribution is -2.17. The number of ether oxygens (including phenoxy) is 4. The molecule has 0 heterocycles. The molecule has 3 aromatic rings. The maximum Gasteiger partial charge on any atom is 0.341 e. The number of carboxylic acid groups (broad SMARTS) is 1. The number of nitrogens with zero attached hydrogens (tertiary/aromatic N) is 1. The van der Waals surface area contributed by atoms with Crippen molar-refractivity contribution in [3.8, 4) is 23.0 Å². The average molecular weight is 499 g/mol. The Bertz CT molecular complexity index is 1220. The Balaban J connectivity index is 1.65. The summed E-state index contributed by atoms with van der Waals surface area (Å²) in [5.41, 5.74) is 4.25. The highest BCUT2D eigenvalue weighted by molar-refractivity contribution is 6.32. The number of nitrogens with one attached hydrogen (secondary N) is 1. The van der Waals surface area contributed by atoms with Crippen molar-refractivity contribution in [2.24, 2.45) is 5.10 Å². The highest BCUT2D eigenvalue weighted by Gasteiger charge is 2.14. The van der Waals surface area contributed by atoms with E-state index in [1.165, 1.54) is 26.5 Å². The molecule has 3 rings (SSSR count). The SMILES string of the molecule is COc1cc(C(=O)N/N=C/c2cc(Cl)c(OCC(=O)O)c(OC)c2)ccc1OCc1ccccc1. The predicted molar refractivity (Wildman–Crippen MR) is 130 cm³/mol. The fraction of sp³-hybridized carbons (Fsp3) is 0.160. The lowest BCUT2D eigenvalue weighted by Gasteiger charge is -2.12. The average Bonchev–Trinajstić information content (AvgIpc) is 2.86. The van der Waals surface area contributed by atoms with Crippen LogP contribution in [0.2, 0.25) is 5.02 Å². The molecule has 0 atom stereocenters. The van der Waals surface area contributed by atoms with Crippen molar-refractivity contribution in [2.45, 2.75) is 6.61 Å². The minimum absolute atomic E-state index is 0.0967. The largest absolute Gasteiger partial charge is 0.493 e. The minimum Gasteiger partial charge on any atom is -0.493 e. The molecule has 9 nitrogen and oxygen atoms in total. The summed E-state index contributed by atoms with van der Waals surface area (Å²) < 4.78 is 21.5. The van der Waals surface area contributed by atoms with E-state index < -0.39 is 18.5 Å². The molecule has 10 heteroatoms. The molecule has 0 saturated heterocycles. The lowest BCUT2D eigenvalue weighted by molar-refractivity contribution is -0.139. The van der Waals surface area contributed by atoms with Crippen LogP contribution in [0.3, 0.4) is 0 Å². The summed E-state index contributed by atoms with van der Waals surface area (Å²) in [4.78, 5) is 23.3. The van der Waals surface area contributed by atoms with Crippen molar-refractivity contribution in [2.75, 3.05) is 20.8 Å². The first kappa shape index (κ1) is 25.4. The highest BCUT2D eigenvalue weighted by Crippen LogP contribution is 2.36. The normalized spacial score (nSPS) is 10.6. The van der Waals surface area contributed by atoms with Crippen LogP contribution >= 0.6 is 11.6 Å². The molecule has 0 fully saturated rings. The van der Waals surface area contributed by atoms with Crippen LogP contribution in [0.5, 0.6) is 23.0 Å². The molecule has 1 amide bonds. The molecule has 0 aliphatic rings. The molecule has 0 aromatic heterocycles. The van der Waals surface area contributed by atoms with E-state index in [1.807, 2.05) is 30.3 Å². The third-order valence-corrected chi connectivity index (χ3v) is 4.92. The molecule has 182 valence electrons. The summed E-state index contributed by atoms with van der Waals surface area (Å²) >= 11 is 6.17. The third kappa shape index (κ3) is 7.12. The summed E-state index contributed by atoms with van der Waals surface area (Å²) in [5, 5.41) is 12.9. The molecular weight excluding hydrogens is 476 g/mol. The van der Waals surface area contributed by atoms with E-state index in [0.717, 1.165) is 5.56 Å². The first-order valence-electron chi connectivity index (χ1n) is 10.3. The van der Waals surface area contributed by atoms with Gasteiger partial charge in [-0.3, -0.25) is 4.79 Å². The number of carbonyl (C=O) groups excluding carboxylic acids is 1. The van der Waals surface area contributed by atoms with E-state index >= 15 is 0 Å². The van der Waals surface area contributed by atoms with Gasteiger partial charge < -0.3 is 24.1 Å². The van der Waals surface area contributed by atoms with Gasteiger partial charge >= 0.3 is 5.97 Å². The molecule has 0 unspecified atom stereocenters. The van der Waals surface area contributed by atoms with E-state index in [2.05, 4.69) is 10.5 Å². The molecule has 0 radical (unpaired) electrons. The van der Waals surface area contributed by atoms with Crippen LogP contribution in [-0.2, 0) is 11.4 Å². The van der Waals surface area contributed by atoms with Crippen LogP contribution in [-0.4, -0.2) is 44.0 Å². The number of hydrazone groups is 1. The molecule has 0 aliphatic carbocycles. The van der Waals surface area contributed by atoms with Gasteiger partial charge in [-0.1, -0.05) is 41.9 Å². The zero-order valence-corrected chi connectivity index (χ0v) is 19.7. The van der Waals surface area contributed by atoms with Crippen LogP contribution in [0, 0.1) is 0 Å². The van der Waals surface area contributed by atoms with E-state index in [4.69, 9.17) is 35.7 Å². The summed E-state index contributed by atoms with van der Waals surface area (Å²) in [7, 11) is 2.88. The van der Waals surface area contributed by atoms with E-state index in [0.29, 0.717) is 29.2 Å². The van der Waals surface area contributed by atoms with Crippen LogP contribution in [0.25, 0.3) is 0 Å². The predicted octanol–water partition coefficient (Wildman–Crippen LogP) is 4.16. The Morgan fingerprint density at radius 3 is 2.40 bits per heavy atom. The Labute approximate surface area is 206 Å². The van der Waals surface area contributed by atoms with Gasteiger partial charge in [0.15, 0.2) is 29.6 Å². The monoisotopic (exact) mass is 498 g/mol. The Kier molecular flexibility index (Phi) is 8.91. The zero-order valence-electron chi connectivity index (χ0n) is 19.0. The van der Waals surface area contributed by atoms with Gasteiger partial charge in [-0.2, -0.15) is 5.10 Å². The summed E-state index contributed by atoms with van der Waals surface area (Å²) in [6, 6.07) is 17.5. The van der Waals surface area contributed by atoms with Gasteiger partial charge in [0.1, 0.15) is 6.61 Å². The minimum atomic E-state index is -1.15. The number of hydrogen-bond acceptors (Lipinski definition) is 7. The molecule has 2 N–H and O–H groups in total. The topological polar surface area (TPSA) is 116 Å². The fourth-order valence-electron chi connectivity index (χ4n) is 2.98. The second-order valence-electron chi connectivity index (χ2n) is 7.06. The smallest absolute Gasteiger partial charge is 0.341 e. The van der Waals surface area contributed by atoms with Crippen molar-refractivity contribution in [3.63, 3.8) is 0 Å². The van der Waals surface area contributed by atoms with Crippen molar-refractivity contribution in [1.82, 2.24) is 5.43 Å². The molecule has 0 aliphatic heterocycles. The number of aliphatic carboxylic acids is 1. The molecule has 0 bridgehead atoms. The summed E-state index contributed by atoms with van der Waals surface area (Å²) in [5.74, 6) is -0.381. The van der Waals surface area contributed by atoms with Gasteiger partial charge in [0.25, 0.3) is 5.91 Å². The standard InChI is InChI=1S/C25H23ClN2O7/c1-32-21-12-18(8-9-20(21)34-14-16-6-4-3-5-7-16)25(31)28-27-13-17-10-19(26)24(22(11-17)33-2)35-15-23(29)30/h3-13H,14-15H2,1-2H3,(H,28,31)(H,29,30)/b27-13+. The van der Waals surface area contributed by atoms with Crippen LogP contribution in [0.15, 0.2) is 65.8 Å². The van der Waals surface area contributed by atoms with Gasteiger partial charge in [0.05, 0.1) is 25.5 Å². The Hall–Kier alpha value is -4.24. The zero-order chi connectivity index (χ0) is 25.2. The van der Waals surface area contributed by atoms with E-state index in [1.54, 1.807) is 24.3 Å². The second-order valence-corrected chi connectivity index (χ2v) is 7.46. The molecule has 35 heavy (non-hydrogen) atoms. The third-order valence-electron chi connectivity index (χ3n) is 4.63. The first-order valence-corrected chi connectivity index (χ1v) is 10.7. The number of amides is 1. The van der Waals surface area contributed by atoms with Gasteiger partial charge in [0.2, 0.25) is 0 Å². The molecule has 3 aromatic carbocycles. The van der Waals surface area contributed by atoms with Gasteiger partial charge in [-0.05, 0) is 41.5 Å². The lowest BCUT2D eigenvalue weighted by atomic mass is 10.2. The second kappa shape index (κ2) is 12.3. The number of methoxy groups -OCH3 is 2. The summed E-state index contributed by atoms with van der Waals surface area (Å²) in [6.45, 7) is -0.210. The number of carbonyl (C=O) groups is 2. The van der Waals surface area contributed by atoms with Gasteiger partial charge in [-0.25, -0.2) is 10.2 Å². The Morgan fingerprint density at radius 2 is 1.71 bits per heavy atom. The fourth-order valence-corrected chi connectivity index (χ4v) is 3.26. The highest BCUT2D eigenvalue weighted by atomic mass is 35.5. The summed E-state index contributed by atoms with van der Waals surface area (Å²) in [6.07, 6.45) is 1.36. The van der Waals surface area contributed by atoms with Gasteiger partial charge in [-0.15, -0.1) is 0 Å². The molecule has 0 spiro atoms.